The molecular formula is C16H30N2. The van der Waals surface area contributed by atoms with Gasteiger partial charge in [0, 0.05) is 18.6 Å². The monoisotopic (exact) mass is 250 g/mol. The first-order valence-corrected chi connectivity index (χ1v) is 8.09. The minimum absolute atomic E-state index is 0.344. The van der Waals surface area contributed by atoms with Crippen molar-refractivity contribution in [2.45, 2.75) is 69.7 Å². The molecule has 0 aliphatic heterocycles. The van der Waals surface area contributed by atoms with Gasteiger partial charge in [-0.15, -0.1) is 0 Å². The smallest absolute Gasteiger partial charge is 0.0329 e. The molecule has 2 N–H and O–H groups in total. The van der Waals surface area contributed by atoms with E-state index in [4.69, 9.17) is 5.73 Å². The summed E-state index contributed by atoms with van der Waals surface area (Å²) in [5, 5.41) is 0. The second kappa shape index (κ2) is 4.79. The van der Waals surface area contributed by atoms with E-state index in [1.54, 1.807) is 0 Å². The van der Waals surface area contributed by atoms with Gasteiger partial charge in [0.25, 0.3) is 0 Å². The Bertz CT molecular complexity index is 279. The van der Waals surface area contributed by atoms with Gasteiger partial charge in [-0.05, 0) is 69.7 Å². The number of rotatable bonds is 4. The quantitative estimate of drug-likeness (QED) is 0.830. The van der Waals surface area contributed by atoms with Crippen molar-refractivity contribution in [2.24, 2.45) is 17.1 Å². The molecule has 104 valence electrons. The highest BCUT2D eigenvalue weighted by Crippen LogP contribution is 2.52. The van der Waals surface area contributed by atoms with Crippen molar-refractivity contribution in [3.05, 3.63) is 0 Å². The number of hydrogen-bond donors (Lipinski definition) is 1. The lowest BCUT2D eigenvalue weighted by Crippen LogP contribution is -2.55. The van der Waals surface area contributed by atoms with E-state index in [1.807, 2.05) is 0 Å². The molecule has 2 heteroatoms. The third-order valence-corrected chi connectivity index (χ3v) is 6.32. The zero-order chi connectivity index (χ0) is 12.6. The Morgan fingerprint density at radius 2 is 1.61 bits per heavy atom. The normalized spacial score (nSPS) is 30.2. The van der Waals surface area contributed by atoms with Crippen LogP contribution in [0.15, 0.2) is 0 Å². The summed E-state index contributed by atoms with van der Waals surface area (Å²) < 4.78 is 0. The third-order valence-electron chi connectivity index (χ3n) is 6.32. The van der Waals surface area contributed by atoms with Gasteiger partial charge in [0.05, 0.1) is 0 Å². The van der Waals surface area contributed by atoms with Gasteiger partial charge in [0.1, 0.15) is 0 Å². The topological polar surface area (TPSA) is 29.3 Å². The molecule has 0 bridgehead atoms. The zero-order valence-electron chi connectivity index (χ0n) is 12.1. The molecule has 0 atom stereocenters. The minimum atomic E-state index is 0.344. The number of nitrogens with zero attached hydrogens (tertiary/aromatic N) is 1. The lowest BCUT2D eigenvalue weighted by molar-refractivity contribution is 0.0279. The Balaban J connectivity index is 1.62. The third kappa shape index (κ3) is 2.34. The molecule has 0 heterocycles. The Morgan fingerprint density at radius 1 is 1.00 bits per heavy atom. The van der Waals surface area contributed by atoms with Crippen molar-refractivity contribution < 1.29 is 0 Å². The van der Waals surface area contributed by atoms with Gasteiger partial charge in [-0.1, -0.05) is 12.8 Å². The van der Waals surface area contributed by atoms with Gasteiger partial charge in [0.15, 0.2) is 0 Å². The Hall–Kier alpha value is -0.0800. The van der Waals surface area contributed by atoms with E-state index in [9.17, 15) is 0 Å². The molecule has 18 heavy (non-hydrogen) atoms. The van der Waals surface area contributed by atoms with E-state index in [2.05, 4.69) is 11.9 Å². The van der Waals surface area contributed by atoms with Crippen LogP contribution >= 0.6 is 0 Å². The minimum Gasteiger partial charge on any atom is -0.329 e. The van der Waals surface area contributed by atoms with E-state index < -0.39 is 0 Å². The second-order valence-electron chi connectivity index (χ2n) is 7.46. The fourth-order valence-electron chi connectivity index (χ4n) is 4.49. The van der Waals surface area contributed by atoms with Crippen LogP contribution in [0.4, 0.5) is 0 Å². The first-order chi connectivity index (χ1) is 8.68. The molecule has 3 fully saturated rings. The van der Waals surface area contributed by atoms with E-state index >= 15 is 0 Å². The van der Waals surface area contributed by atoms with Crippen LogP contribution in [0, 0.1) is 11.3 Å². The van der Waals surface area contributed by atoms with Crippen LogP contribution < -0.4 is 5.73 Å². The van der Waals surface area contributed by atoms with Crippen LogP contribution in [0.2, 0.25) is 0 Å². The Morgan fingerprint density at radius 3 is 2.11 bits per heavy atom. The van der Waals surface area contributed by atoms with E-state index in [0.29, 0.717) is 5.54 Å². The van der Waals surface area contributed by atoms with Gasteiger partial charge >= 0.3 is 0 Å². The van der Waals surface area contributed by atoms with Crippen molar-refractivity contribution in [3.63, 3.8) is 0 Å². The van der Waals surface area contributed by atoms with Crippen molar-refractivity contribution in [3.8, 4) is 0 Å². The summed E-state index contributed by atoms with van der Waals surface area (Å²) in [7, 11) is 2.33. The van der Waals surface area contributed by atoms with Gasteiger partial charge in [-0.3, -0.25) is 4.90 Å². The molecule has 0 saturated heterocycles. The van der Waals surface area contributed by atoms with E-state index in [1.165, 1.54) is 70.8 Å². The van der Waals surface area contributed by atoms with Gasteiger partial charge < -0.3 is 5.73 Å². The molecule has 3 rings (SSSR count). The first kappa shape index (κ1) is 12.9. The summed E-state index contributed by atoms with van der Waals surface area (Å²) in [5.41, 5.74) is 7.26. The van der Waals surface area contributed by atoms with Crippen LogP contribution in [0.1, 0.15) is 64.2 Å². The molecule has 2 nitrogen and oxygen atoms in total. The summed E-state index contributed by atoms with van der Waals surface area (Å²) in [6, 6.07) is 0. The summed E-state index contributed by atoms with van der Waals surface area (Å²) in [4.78, 5) is 2.63. The Labute approximate surface area is 112 Å². The zero-order valence-corrected chi connectivity index (χ0v) is 12.1. The molecule has 0 unspecified atom stereocenters. The number of nitrogens with two attached hydrogens (primary N) is 1. The average Bonchev–Trinajstić information content (AvgIpc) is 3.09. The van der Waals surface area contributed by atoms with Gasteiger partial charge in [-0.2, -0.15) is 0 Å². The van der Waals surface area contributed by atoms with Crippen molar-refractivity contribution in [1.29, 1.82) is 0 Å². The molecule has 0 radical (unpaired) electrons. The van der Waals surface area contributed by atoms with E-state index in [0.717, 1.165) is 17.9 Å². The standard InChI is InChI=1S/C16H30N2/c1-18(12-14-4-5-14)16(13-17)10-8-15(9-11-16)6-2-3-7-15/h14H,2-13,17H2,1H3. The lowest BCUT2D eigenvalue weighted by atomic mass is 9.66. The maximum atomic E-state index is 6.18. The Kier molecular flexibility index (Phi) is 3.44. The van der Waals surface area contributed by atoms with Crippen LogP contribution in [-0.4, -0.2) is 30.6 Å². The molecule has 0 aromatic carbocycles. The van der Waals surface area contributed by atoms with Crippen molar-refractivity contribution in [2.75, 3.05) is 20.1 Å². The number of hydrogen-bond acceptors (Lipinski definition) is 2. The first-order valence-electron chi connectivity index (χ1n) is 8.09. The molecule has 0 aromatic heterocycles. The van der Waals surface area contributed by atoms with Crippen LogP contribution in [-0.2, 0) is 0 Å². The molecule has 3 saturated carbocycles. The molecule has 1 spiro atoms. The highest BCUT2D eigenvalue weighted by Gasteiger charge is 2.45. The van der Waals surface area contributed by atoms with Crippen LogP contribution in [0.25, 0.3) is 0 Å². The fraction of sp³-hybridized carbons (Fsp3) is 1.00. The molecule has 0 aromatic rings. The summed E-state index contributed by atoms with van der Waals surface area (Å²) in [6.45, 7) is 2.16. The highest BCUT2D eigenvalue weighted by atomic mass is 15.2. The second-order valence-corrected chi connectivity index (χ2v) is 7.46. The van der Waals surface area contributed by atoms with Crippen molar-refractivity contribution >= 4 is 0 Å². The summed E-state index contributed by atoms with van der Waals surface area (Å²) in [6.07, 6.45) is 14.5. The largest absolute Gasteiger partial charge is 0.329 e. The fourth-order valence-corrected chi connectivity index (χ4v) is 4.49. The summed E-state index contributed by atoms with van der Waals surface area (Å²) >= 11 is 0. The van der Waals surface area contributed by atoms with Crippen LogP contribution in [0.5, 0.6) is 0 Å². The van der Waals surface area contributed by atoms with Gasteiger partial charge in [-0.25, -0.2) is 0 Å². The van der Waals surface area contributed by atoms with E-state index in [-0.39, 0.29) is 0 Å². The average molecular weight is 250 g/mol. The van der Waals surface area contributed by atoms with Crippen LogP contribution in [0.3, 0.4) is 0 Å². The number of likely N-dealkylation sites (N-methyl/N-ethyl adjacent to an activating group) is 1. The predicted octanol–water partition coefficient (Wildman–Crippen LogP) is 3.16. The lowest BCUT2D eigenvalue weighted by Gasteiger charge is -2.49. The molecule has 3 aliphatic carbocycles. The molecular weight excluding hydrogens is 220 g/mol. The molecule has 3 aliphatic rings. The molecule has 0 amide bonds. The van der Waals surface area contributed by atoms with Crippen molar-refractivity contribution in [1.82, 2.24) is 4.90 Å². The SMILES string of the molecule is CN(CC1CC1)C1(CN)CCC2(CCCC2)CC1. The maximum absolute atomic E-state index is 6.18. The summed E-state index contributed by atoms with van der Waals surface area (Å²) in [5.74, 6) is 0.987. The van der Waals surface area contributed by atoms with Gasteiger partial charge in [0.2, 0.25) is 0 Å². The highest BCUT2D eigenvalue weighted by molar-refractivity contribution is 5.01. The maximum Gasteiger partial charge on any atom is 0.0329 e. The predicted molar refractivity (Wildman–Crippen MR) is 76.5 cm³/mol.